The Labute approximate surface area is 188 Å². The third-order valence-electron chi connectivity index (χ3n) is 5.78. The number of aromatic nitrogens is 3. The molecule has 0 fully saturated rings. The van der Waals surface area contributed by atoms with E-state index in [9.17, 15) is 4.79 Å². The highest BCUT2D eigenvalue weighted by atomic mass is 16.1. The van der Waals surface area contributed by atoms with Gasteiger partial charge in [0.05, 0.1) is 11.6 Å². The zero-order valence-electron chi connectivity index (χ0n) is 19.2. The van der Waals surface area contributed by atoms with E-state index in [1.54, 1.807) is 10.6 Å². The molecular formula is C26H29N5O. The average Bonchev–Trinajstić information content (AvgIpc) is 2.72. The quantitative estimate of drug-likeness (QED) is 0.430. The molecule has 164 valence electrons. The zero-order valence-corrected chi connectivity index (χ0v) is 19.2. The lowest BCUT2D eigenvalue weighted by Crippen LogP contribution is -2.17. The van der Waals surface area contributed by atoms with E-state index in [0.29, 0.717) is 12.4 Å². The fourth-order valence-corrected chi connectivity index (χ4v) is 4.14. The van der Waals surface area contributed by atoms with Crippen molar-refractivity contribution in [2.75, 3.05) is 11.1 Å². The second kappa shape index (κ2) is 8.46. The molecule has 6 nitrogen and oxygen atoms in total. The summed E-state index contributed by atoms with van der Waals surface area (Å²) >= 11 is 0. The van der Waals surface area contributed by atoms with E-state index < -0.39 is 0 Å². The molecule has 0 amide bonds. The molecule has 0 unspecified atom stereocenters. The number of nitrogens with one attached hydrogen (secondary N) is 1. The topological polar surface area (TPSA) is 85.8 Å². The largest absolute Gasteiger partial charge is 0.399 e. The van der Waals surface area contributed by atoms with Gasteiger partial charge >= 0.3 is 0 Å². The number of nitrogens with zero attached hydrogens (tertiary/aromatic N) is 3. The highest BCUT2D eigenvalue weighted by Crippen LogP contribution is 2.32. The van der Waals surface area contributed by atoms with E-state index in [2.05, 4.69) is 35.4 Å². The predicted octanol–water partition coefficient (Wildman–Crippen LogP) is 5.16. The number of benzene rings is 2. The maximum absolute atomic E-state index is 12.4. The molecule has 4 aromatic rings. The Morgan fingerprint density at radius 1 is 1.06 bits per heavy atom. The van der Waals surface area contributed by atoms with Crippen molar-refractivity contribution < 1.29 is 0 Å². The first-order chi connectivity index (χ1) is 15.2. The predicted molar refractivity (Wildman–Crippen MR) is 132 cm³/mol. The summed E-state index contributed by atoms with van der Waals surface area (Å²) < 4.78 is 1.69. The standard InChI is InChI=1S/C26H29N5O/c1-6-31-8-7-19(13-25(31)32)22-14-23-24(11-16(22)3)29-18(5)30-26(23)28-17(4)20-9-15(2)10-21(27)12-20/h7-14,17H,6,27H2,1-5H3,(H,28,29,30)/t17-/m1/s1. The van der Waals surface area contributed by atoms with Crippen LogP contribution >= 0.6 is 0 Å². The smallest absolute Gasteiger partial charge is 0.251 e. The van der Waals surface area contributed by atoms with E-state index in [1.807, 2.05) is 52.1 Å². The number of hydrogen-bond acceptors (Lipinski definition) is 5. The van der Waals surface area contributed by atoms with Crippen molar-refractivity contribution in [3.63, 3.8) is 0 Å². The molecule has 2 aromatic carbocycles. The van der Waals surface area contributed by atoms with Crippen LogP contribution in [0.3, 0.4) is 0 Å². The molecule has 0 spiro atoms. The number of aryl methyl sites for hydroxylation is 4. The molecule has 0 aliphatic carbocycles. The molecule has 6 heteroatoms. The minimum Gasteiger partial charge on any atom is -0.399 e. The van der Waals surface area contributed by atoms with Crippen molar-refractivity contribution in [1.82, 2.24) is 14.5 Å². The number of hydrogen-bond donors (Lipinski definition) is 2. The van der Waals surface area contributed by atoms with Crippen LogP contribution in [0.4, 0.5) is 11.5 Å². The molecule has 2 heterocycles. The van der Waals surface area contributed by atoms with E-state index in [-0.39, 0.29) is 11.6 Å². The molecule has 0 saturated carbocycles. The van der Waals surface area contributed by atoms with Gasteiger partial charge in [-0.25, -0.2) is 9.97 Å². The molecule has 32 heavy (non-hydrogen) atoms. The summed E-state index contributed by atoms with van der Waals surface area (Å²) in [5.41, 5.74) is 12.9. The van der Waals surface area contributed by atoms with E-state index in [4.69, 9.17) is 10.7 Å². The van der Waals surface area contributed by atoms with Gasteiger partial charge in [-0.3, -0.25) is 4.79 Å². The molecule has 0 bridgehead atoms. The van der Waals surface area contributed by atoms with Crippen molar-refractivity contribution in [1.29, 1.82) is 0 Å². The van der Waals surface area contributed by atoms with Gasteiger partial charge < -0.3 is 15.6 Å². The summed E-state index contributed by atoms with van der Waals surface area (Å²) in [7, 11) is 0. The minimum atomic E-state index is -0.00587. The van der Waals surface area contributed by atoms with Crippen molar-refractivity contribution in [2.45, 2.75) is 47.2 Å². The number of nitrogen functional groups attached to an aromatic ring is 1. The van der Waals surface area contributed by atoms with Crippen LogP contribution in [0.15, 0.2) is 53.5 Å². The first-order valence-electron chi connectivity index (χ1n) is 10.9. The fraction of sp³-hybridized carbons (Fsp3) is 0.269. The Balaban J connectivity index is 1.81. The maximum atomic E-state index is 12.4. The third kappa shape index (κ3) is 4.21. The normalized spacial score (nSPS) is 12.2. The summed E-state index contributed by atoms with van der Waals surface area (Å²) in [4.78, 5) is 21.8. The molecule has 0 saturated heterocycles. The monoisotopic (exact) mass is 427 g/mol. The molecule has 4 rings (SSSR count). The summed E-state index contributed by atoms with van der Waals surface area (Å²) in [5, 5.41) is 4.47. The first-order valence-corrected chi connectivity index (χ1v) is 10.9. The lowest BCUT2D eigenvalue weighted by molar-refractivity contribution is 0.728. The Kier molecular flexibility index (Phi) is 5.70. The second-order valence-corrected chi connectivity index (χ2v) is 8.39. The van der Waals surface area contributed by atoms with Crippen molar-refractivity contribution in [2.24, 2.45) is 0 Å². The SMILES string of the molecule is CCn1ccc(-c2cc3c(N[C@H](C)c4cc(C)cc(N)c4)nc(C)nc3cc2C)cc1=O. The van der Waals surface area contributed by atoms with E-state index >= 15 is 0 Å². The summed E-state index contributed by atoms with van der Waals surface area (Å²) in [5.74, 6) is 1.47. The fourth-order valence-electron chi connectivity index (χ4n) is 4.14. The van der Waals surface area contributed by atoms with Crippen LogP contribution in [-0.2, 0) is 6.54 Å². The number of rotatable bonds is 5. The van der Waals surface area contributed by atoms with E-state index in [1.165, 1.54) is 0 Å². The third-order valence-corrected chi connectivity index (χ3v) is 5.78. The van der Waals surface area contributed by atoms with Gasteiger partial charge in [-0.15, -0.1) is 0 Å². The van der Waals surface area contributed by atoms with Crippen LogP contribution in [0.2, 0.25) is 0 Å². The van der Waals surface area contributed by atoms with Crippen molar-refractivity contribution >= 4 is 22.4 Å². The Bertz CT molecular complexity index is 1350. The van der Waals surface area contributed by atoms with Crippen molar-refractivity contribution in [3.8, 4) is 11.1 Å². The molecular weight excluding hydrogens is 398 g/mol. The second-order valence-electron chi connectivity index (χ2n) is 8.39. The van der Waals surface area contributed by atoms with Gasteiger partial charge in [-0.05, 0) is 92.8 Å². The molecule has 0 aliphatic heterocycles. The summed E-state index contributed by atoms with van der Waals surface area (Å²) in [6.07, 6.45) is 1.84. The van der Waals surface area contributed by atoms with Crippen LogP contribution in [0.25, 0.3) is 22.0 Å². The highest BCUT2D eigenvalue weighted by Gasteiger charge is 2.14. The molecule has 0 radical (unpaired) electrons. The number of nitrogens with two attached hydrogens (primary N) is 1. The summed E-state index contributed by atoms with van der Waals surface area (Å²) in [6.45, 7) is 10.7. The van der Waals surface area contributed by atoms with Gasteiger partial charge in [-0.1, -0.05) is 6.07 Å². The van der Waals surface area contributed by atoms with Gasteiger partial charge in [0.15, 0.2) is 0 Å². The number of fused-ring (bicyclic) bond motifs is 1. The lowest BCUT2D eigenvalue weighted by Gasteiger charge is -2.19. The van der Waals surface area contributed by atoms with Gasteiger partial charge in [0.2, 0.25) is 0 Å². The first kappa shape index (κ1) is 21.6. The molecule has 2 aromatic heterocycles. The Morgan fingerprint density at radius 2 is 1.84 bits per heavy atom. The van der Waals surface area contributed by atoms with Crippen LogP contribution in [-0.4, -0.2) is 14.5 Å². The van der Waals surface area contributed by atoms with E-state index in [0.717, 1.165) is 50.2 Å². The Hall–Kier alpha value is -3.67. The van der Waals surface area contributed by atoms with Gasteiger partial charge in [0.25, 0.3) is 5.56 Å². The molecule has 3 N–H and O–H groups in total. The van der Waals surface area contributed by atoms with Crippen LogP contribution < -0.4 is 16.6 Å². The highest BCUT2D eigenvalue weighted by molar-refractivity contribution is 5.94. The molecule has 1 atom stereocenters. The van der Waals surface area contributed by atoms with Gasteiger partial charge in [0.1, 0.15) is 11.6 Å². The Morgan fingerprint density at radius 3 is 2.53 bits per heavy atom. The maximum Gasteiger partial charge on any atom is 0.251 e. The molecule has 0 aliphatic rings. The van der Waals surface area contributed by atoms with Gasteiger partial charge in [0, 0.05) is 29.9 Å². The number of anilines is 2. The summed E-state index contributed by atoms with van der Waals surface area (Å²) in [6, 6.07) is 13.9. The average molecular weight is 428 g/mol. The minimum absolute atomic E-state index is 0.00587. The lowest BCUT2D eigenvalue weighted by atomic mass is 9.98. The zero-order chi connectivity index (χ0) is 23.0. The van der Waals surface area contributed by atoms with Crippen LogP contribution in [0, 0.1) is 20.8 Å². The van der Waals surface area contributed by atoms with Gasteiger partial charge in [-0.2, -0.15) is 0 Å². The van der Waals surface area contributed by atoms with Crippen molar-refractivity contribution in [3.05, 3.63) is 81.5 Å². The van der Waals surface area contributed by atoms with Crippen LogP contribution in [0.5, 0.6) is 0 Å². The van der Waals surface area contributed by atoms with Crippen LogP contribution in [0.1, 0.15) is 42.4 Å². The number of pyridine rings is 1.